The lowest BCUT2D eigenvalue weighted by Crippen LogP contribution is -2.38. The minimum atomic E-state index is -0.244. The van der Waals surface area contributed by atoms with Crippen molar-refractivity contribution in [2.75, 3.05) is 13.1 Å². The van der Waals surface area contributed by atoms with Crippen LogP contribution in [0.25, 0.3) is 0 Å². The molecule has 0 radical (unpaired) electrons. The molecule has 0 aromatic heterocycles. The molecule has 0 atom stereocenters. The van der Waals surface area contributed by atoms with Crippen LogP contribution in [0.15, 0.2) is 18.2 Å². The summed E-state index contributed by atoms with van der Waals surface area (Å²) < 4.78 is 13.4. The van der Waals surface area contributed by atoms with E-state index >= 15 is 0 Å². The Morgan fingerprint density at radius 3 is 3.00 bits per heavy atom. The van der Waals surface area contributed by atoms with Crippen LogP contribution in [-0.4, -0.2) is 24.0 Å². The van der Waals surface area contributed by atoms with Crippen LogP contribution in [0.1, 0.15) is 11.1 Å². The minimum absolute atomic E-state index is 0.193. The molecule has 3 N–H and O–H groups in total. The van der Waals surface area contributed by atoms with Gasteiger partial charge in [-0.15, -0.1) is 0 Å². The second kappa shape index (κ2) is 4.49. The Morgan fingerprint density at radius 2 is 2.31 bits per heavy atom. The lowest BCUT2D eigenvalue weighted by molar-refractivity contribution is 0.198. The molecule has 2 rings (SSSR count). The molecule has 4 nitrogen and oxygen atoms in total. The Hall–Kier alpha value is -1.62. The van der Waals surface area contributed by atoms with Crippen molar-refractivity contribution in [1.29, 1.82) is 0 Å². The molecule has 0 fully saturated rings. The van der Waals surface area contributed by atoms with Gasteiger partial charge in [0.25, 0.3) is 0 Å². The number of nitrogens with two attached hydrogens (primary N) is 1. The minimum Gasteiger partial charge on any atom is -0.337 e. The Morgan fingerprint density at radius 1 is 1.50 bits per heavy atom. The van der Waals surface area contributed by atoms with Gasteiger partial charge in [-0.2, -0.15) is 0 Å². The van der Waals surface area contributed by atoms with E-state index in [0.717, 1.165) is 5.56 Å². The summed E-state index contributed by atoms with van der Waals surface area (Å²) in [5.74, 6) is -0.244. The fourth-order valence-corrected chi connectivity index (χ4v) is 1.82. The molecular formula is C11H14FN3O. The standard InChI is InChI=1S/C11H14FN3O/c12-10-3-1-2-8-6-15(7-9(8)10)11(16)14-5-4-13/h1-3H,4-7,13H2,(H,14,16). The fourth-order valence-electron chi connectivity index (χ4n) is 1.82. The number of urea groups is 1. The van der Waals surface area contributed by atoms with Crippen molar-refractivity contribution in [3.05, 3.63) is 35.1 Å². The number of hydrogen-bond acceptors (Lipinski definition) is 2. The van der Waals surface area contributed by atoms with Crippen molar-refractivity contribution in [2.45, 2.75) is 13.1 Å². The third-order valence-corrected chi connectivity index (χ3v) is 2.63. The number of hydrogen-bond donors (Lipinski definition) is 2. The van der Waals surface area contributed by atoms with Crippen molar-refractivity contribution in [1.82, 2.24) is 10.2 Å². The smallest absolute Gasteiger partial charge is 0.318 e. The average Bonchev–Trinajstić information content (AvgIpc) is 2.71. The van der Waals surface area contributed by atoms with Crippen molar-refractivity contribution >= 4 is 6.03 Å². The summed E-state index contributed by atoms with van der Waals surface area (Å²) in [7, 11) is 0. The molecule has 0 spiro atoms. The highest BCUT2D eigenvalue weighted by atomic mass is 19.1. The first-order valence-electron chi connectivity index (χ1n) is 5.21. The second-order valence-corrected chi connectivity index (χ2v) is 3.75. The monoisotopic (exact) mass is 223 g/mol. The van der Waals surface area contributed by atoms with E-state index in [-0.39, 0.29) is 11.8 Å². The summed E-state index contributed by atoms with van der Waals surface area (Å²) >= 11 is 0. The molecule has 2 amide bonds. The maximum atomic E-state index is 13.4. The topological polar surface area (TPSA) is 58.4 Å². The van der Waals surface area contributed by atoms with Crippen LogP contribution in [0, 0.1) is 5.82 Å². The lowest BCUT2D eigenvalue weighted by Gasteiger charge is -2.15. The molecule has 1 aromatic carbocycles. The van der Waals surface area contributed by atoms with Crippen molar-refractivity contribution < 1.29 is 9.18 Å². The number of amides is 2. The first-order valence-corrected chi connectivity index (χ1v) is 5.21. The highest BCUT2D eigenvalue weighted by Gasteiger charge is 2.24. The molecule has 0 bridgehead atoms. The van der Waals surface area contributed by atoms with E-state index in [9.17, 15) is 9.18 Å². The number of fused-ring (bicyclic) bond motifs is 1. The molecule has 1 aliphatic rings. The Bertz CT molecular complexity index is 408. The van der Waals surface area contributed by atoms with E-state index in [2.05, 4.69) is 5.32 Å². The molecule has 1 heterocycles. The fraction of sp³-hybridized carbons (Fsp3) is 0.364. The van der Waals surface area contributed by atoms with Crippen LogP contribution >= 0.6 is 0 Å². The summed E-state index contributed by atoms with van der Waals surface area (Å²) in [6, 6.07) is 4.73. The zero-order valence-electron chi connectivity index (χ0n) is 8.87. The number of carbonyl (C=O) groups is 1. The van der Waals surface area contributed by atoms with Crippen molar-refractivity contribution in [3.8, 4) is 0 Å². The van der Waals surface area contributed by atoms with Crippen LogP contribution in [0.2, 0.25) is 0 Å². The van der Waals surface area contributed by atoms with Gasteiger partial charge in [0.05, 0.1) is 6.54 Å². The quantitative estimate of drug-likeness (QED) is 0.779. The Balaban J connectivity index is 2.05. The molecule has 5 heteroatoms. The summed E-state index contributed by atoms with van der Waals surface area (Å²) in [5, 5.41) is 2.67. The molecule has 0 saturated heterocycles. The third kappa shape index (κ3) is 1.99. The molecule has 0 saturated carbocycles. The van der Waals surface area contributed by atoms with Crippen LogP contribution in [0.3, 0.4) is 0 Å². The Kier molecular flexibility index (Phi) is 3.05. The average molecular weight is 223 g/mol. The molecular weight excluding hydrogens is 209 g/mol. The largest absolute Gasteiger partial charge is 0.337 e. The predicted molar refractivity (Wildman–Crippen MR) is 58.1 cm³/mol. The molecule has 0 unspecified atom stereocenters. The van der Waals surface area contributed by atoms with E-state index in [4.69, 9.17) is 5.73 Å². The normalized spacial score (nSPS) is 13.8. The van der Waals surface area contributed by atoms with Crippen molar-refractivity contribution in [3.63, 3.8) is 0 Å². The molecule has 0 aliphatic carbocycles. The van der Waals surface area contributed by atoms with Gasteiger partial charge in [0, 0.05) is 25.2 Å². The summed E-state index contributed by atoms with van der Waals surface area (Å²) in [6.45, 7) is 1.64. The number of halogens is 1. The number of carbonyl (C=O) groups excluding carboxylic acids is 1. The lowest BCUT2D eigenvalue weighted by atomic mass is 10.1. The van der Waals surface area contributed by atoms with E-state index in [1.165, 1.54) is 6.07 Å². The van der Waals surface area contributed by atoms with E-state index in [1.807, 2.05) is 6.07 Å². The van der Waals surface area contributed by atoms with E-state index in [0.29, 0.717) is 31.7 Å². The highest BCUT2D eigenvalue weighted by molar-refractivity contribution is 5.75. The number of nitrogens with one attached hydrogen (secondary N) is 1. The molecule has 1 aromatic rings. The molecule has 1 aliphatic heterocycles. The number of nitrogens with zero attached hydrogens (tertiary/aromatic N) is 1. The Labute approximate surface area is 93.2 Å². The number of benzene rings is 1. The summed E-state index contributed by atoms with van der Waals surface area (Å²) in [5.41, 5.74) is 6.78. The van der Waals surface area contributed by atoms with Gasteiger partial charge in [-0.3, -0.25) is 0 Å². The van der Waals surface area contributed by atoms with E-state index in [1.54, 1.807) is 11.0 Å². The van der Waals surface area contributed by atoms with Crippen LogP contribution in [-0.2, 0) is 13.1 Å². The van der Waals surface area contributed by atoms with Gasteiger partial charge in [-0.1, -0.05) is 12.1 Å². The zero-order valence-corrected chi connectivity index (χ0v) is 8.87. The predicted octanol–water partition coefficient (Wildman–Crippen LogP) is 0.810. The SMILES string of the molecule is NCCNC(=O)N1Cc2cccc(F)c2C1. The first kappa shape index (κ1) is 10.9. The summed E-state index contributed by atoms with van der Waals surface area (Å²) in [4.78, 5) is 13.2. The van der Waals surface area contributed by atoms with Gasteiger partial charge >= 0.3 is 6.03 Å². The van der Waals surface area contributed by atoms with Crippen LogP contribution < -0.4 is 11.1 Å². The molecule has 16 heavy (non-hydrogen) atoms. The third-order valence-electron chi connectivity index (χ3n) is 2.63. The van der Waals surface area contributed by atoms with Gasteiger partial charge in [-0.25, -0.2) is 9.18 Å². The van der Waals surface area contributed by atoms with Gasteiger partial charge < -0.3 is 16.0 Å². The van der Waals surface area contributed by atoms with E-state index < -0.39 is 0 Å². The van der Waals surface area contributed by atoms with Crippen LogP contribution in [0.4, 0.5) is 9.18 Å². The van der Waals surface area contributed by atoms with Gasteiger partial charge in [0.2, 0.25) is 0 Å². The zero-order chi connectivity index (χ0) is 11.5. The van der Waals surface area contributed by atoms with Gasteiger partial charge in [0.1, 0.15) is 5.82 Å². The second-order valence-electron chi connectivity index (χ2n) is 3.75. The first-order chi connectivity index (χ1) is 7.72. The number of rotatable bonds is 2. The van der Waals surface area contributed by atoms with Crippen LogP contribution in [0.5, 0.6) is 0 Å². The van der Waals surface area contributed by atoms with Crippen molar-refractivity contribution in [2.24, 2.45) is 5.73 Å². The summed E-state index contributed by atoms with van der Waals surface area (Å²) in [6.07, 6.45) is 0. The van der Waals surface area contributed by atoms with Gasteiger partial charge in [0.15, 0.2) is 0 Å². The maximum Gasteiger partial charge on any atom is 0.318 e. The maximum absolute atomic E-state index is 13.4. The van der Waals surface area contributed by atoms with Gasteiger partial charge in [-0.05, 0) is 11.6 Å². The highest BCUT2D eigenvalue weighted by Crippen LogP contribution is 2.24. The molecule has 86 valence electrons.